The van der Waals surface area contributed by atoms with Crippen molar-refractivity contribution in [1.29, 1.82) is 0 Å². The third kappa shape index (κ3) is 3.36. The van der Waals surface area contributed by atoms with Gasteiger partial charge in [0.05, 0.1) is 0 Å². The number of aromatic nitrogens is 2. The van der Waals surface area contributed by atoms with E-state index in [4.69, 9.17) is 4.98 Å². The minimum atomic E-state index is 0.972. The first-order valence-corrected chi connectivity index (χ1v) is 8.43. The number of benzene rings is 1. The number of rotatable bonds is 5. The smallest absolute Gasteiger partial charge is 0.128 e. The van der Waals surface area contributed by atoms with Crippen LogP contribution in [-0.4, -0.2) is 21.4 Å². The number of nitrogens with zero attached hydrogens (tertiary/aromatic N) is 3. The van der Waals surface area contributed by atoms with Gasteiger partial charge in [-0.15, -0.1) is 0 Å². The van der Waals surface area contributed by atoms with E-state index in [-0.39, 0.29) is 0 Å². The lowest BCUT2D eigenvalue weighted by atomic mass is 10.0. The topological polar surface area (TPSA) is 29.0 Å². The summed E-state index contributed by atoms with van der Waals surface area (Å²) in [5.74, 6) is 1.01. The summed E-state index contributed by atoms with van der Waals surface area (Å²) >= 11 is 0. The zero-order chi connectivity index (χ0) is 15.4. The Bertz CT molecular complexity index is 636. The Hall–Kier alpha value is -1.74. The first-order chi connectivity index (χ1) is 10.8. The van der Waals surface area contributed by atoms with E-state index in [9.17, 15) is 0 Å². The maximum Gasteiger partial charge on any atom is 0.128 e. The summed E-state index contributed by atoms with van der Waals surface area (Å²) < 4.78 is 0. The molecule has 0 atom stereocenters. The van der Waals surface area contributed by atoms with Gasteiger partial charge in [-0.05, 0) is 24.0 Å². The van der Waals surface area contributed by atoms with Gasteiger partial charge < -0.3 is 0 Å². The zero-order valence-corrected chi connectivity index (χ0v) is 13.7. The van der Waals surface area contributed by atoms with E-state index in [1.54, 1.807) is 0 Å². The van der Waals surface area contributed by atoms with E-state index in [0.717, 1.165) is 51.1 Å². The van der Waals surface area contributed by atoms with Crippen molar-refractivity contribution in [2.24, 2.45) is 0 Å². The Morgan fingerprint density at radius 3 is 2.73 bits per heavy atom. The van der Waals surface area contributed by atoms with Crippen LogP contribution in [0.4, 0.5) is 0 Å². The van der Waals surface area contributed by atoms with Gasteiger partial charge in [0.15, 0.2) is 0 Å². The largest absolute Gasteiger partial charge is 0.294 e. The molecule has 0 saturated carbocycles. The molecule has 116 valence electrons. The second-order valence-corrected chi connectivity index (χ2v) is 6.09. The second-order valence-electron chi connectivity index (χ2n) is 6.09. The standard InChI is InChI=1S/C19H25N3/c1-3-7-19-20-12-17-14-22(11-10-18(17)21-19)13-16-9-6-5-8-15(16)4-2/h5-6,8-9,12H,3-4,7,10-11,13-14H2,1-2H3. The van der Waals surface area contributed by atoms with E-state index < -0.39 is 0 Å². The van der Waals surface area contributed by atoms with Gasteiger partial charge in [0.25, 0.3) is 0 Å². The number of hydrogen-bond acceptors (Lipinski definition) is 3. The summed E-state index contributed by atoms with van der Waals surface area (Å²) in [7, 11) is 0. The molecule has 0 N–H and O–H groups in total. The van der Waals surface area contributed by atoms with Crippen LogP contribution in [0.5, 0.6) is 0 Å². The Labute approximate surface area is 133 Å². The molecule has 2 heterocycles. The molecule has 0 radical (unpaired) electrons. The van der Waals surface area contributed by atoms with Crippen LogP contribution >= 0.6 is 0 Å². The van der Waals surface area contributed by atoms with E-state index in [0.29, 0.717) is 0 Å². The Morgan fingerprint density at radius 1 is 1.14 bits per heavy atom. The second kappa shape index (κ2) is 7.01. The summed E-state index contributed by atoms with van der Waals surface area (Å²) in [6.07, 6.45) is 6.29. The monoisotopic (exact) mass is 295 g/mol. The fourth-order valence-corrected chi connectivity index (χ4v) is 3.19. The minimum absolute atomic E-state index is 0.972. The molecule has 1 aliphatic rings. The van der Waals surface area contributed by atoms with Gasteiger partial charge in [-0.2, -0.15) is 0 Å². The molecule has 0 spiro atoms. The maximum absolute atomic E-state index is 4.74. The van der Waals surface area contributed by atoms with Crippen molar-refractivity contribution in [1.82, 2.24) is 14.9 Å². The predicted molar refractivity (Wildman–Crippen MR) is 89.7 cm³/mol. The van der Waals surface area contributed by atoms with Gasteiger partial charge in [0.1, 0.15) is 5.82 Å². The molecular formula is C19H25N3. The average molecular weight is 295 g/mol. The molecule has 2 aromatic rings. The fourth-order valence-electron chi connectivity index (χ4n) is 3.19. The molecule has 22 heavy (non-hydrogen) atoms. The van der Waals surface area contributed by atoms with E-state index in [1.807, 2.05) is 6.20 Å². The summed E-state index contributed by atoms with van der Waals surface area (Å²) in [5.41, 5.74) is 5.48. The number of hydrogen-bond donors (Lipinski definition) is 0. The molecular weight excluding hydrogens is 270 g/mol. The highest BCUT2D eigenvalue weighted by molar-refractivity contribution is 5.28. The zero-order valence-electron chi connectivity index (χ0n) is 13.7. The van der Waals surface area contributed by atoms with Crippen molar-refractivity contribution >= 4 is 0 Å². The third-order valence-electron chi connectivity index (χ3n) is 4.43. The Balaban J connectivity index is 1.72. The van der Waals surface area contributed by atoms with Crippen LogP contribution < -0.4 is 0 Å². The molecule has 0 amide bonds. The normalized spacial score (nSPS) is 14.8. The van der Waals surface area contributed by atoms with Crippen LogP contribution in [0.3, 0.4) is 0 Å². The van der Waals surface area contributed by atoms with Crippen molar-refractivity contribution in [3.63, 3.8) is 0 Å². The first kappa shape index (κ1) is 15.2. The quantitative estimate of drug-likeness (QED) is 0.844. The van der Waals surface area contributed by atoms with Crippen molar-refractivity contribution in [2.75, 3.05) is 6.54 Å². The van der Waals surface area contributed by atoms with Gasteiger partial charge >= 0.3 is 0 Å². The average Bonchev–Trinajstić information content (AvgIpc) is 2.56. The molecule has 1 aliphatic heterocycles. The summed E-state index contributed by atoms with van der Waals surface area (Å²) in [6.45, 7) is 7.50. The molecule has 0 fully saturated rings. The van der Waals surface area contributed by atoms with Crippen LogP contribution in [0.1, 0.15) is 48.5 Å². The molecule has 3 rings (SSSR count). The van der Waals surface area contributed by atoms with E-state index in [1.165, 1.54) is 22.4 Å². The van der Waals surface area contributed by atoms with Crippen molar-refractivity contribution in [2.45, 2.75) is 52.6 Å². The molecule has 3 heteroatoms. The van der Waals surface area contributed by atoms with Crippen LogP contribution in [0.25, 0.3) is 0 Å². The van der Waals surface area contributed by atoms with Gasteiger partial charge in [-0.1, -0.05) is 38.1 Å². The number of aryl methyl sites for hydroxylation is 2. The molecule has 0 aliphatic carbocycles. The molecule has 0 unspecified atom stereocenters. The van der Waals surface area contributed by atoms with Gasteiger partial charge in [-0.25, -0.2) is 9.97 Å². The first-order valence-electron chi connectivity index (χ1n) is 8.43. The van der Waals surface area contributed by atoms with Crippen molar-refractivity contribution in [3.8, 4) is 0 Å². The number of fused-ring (bicyclic) bond motifs is 1. The molecule has 3 nitrogen and oxygen atoms in total. The highest BCUT2D eigenvalue weighted by Crippen LogP contribution is 2.20. The molecule has 0 bridgehead atoms. The predicted octanol–water partition coefficient (Wildman–Crippen LogP) is 3.55. The molecule has 0 saturated heterocycles. The van der Waals surface area contributed by atoms with Gasteiger partial charge in [0.2, 0.25) is 0 Å². The maximum atomic E-state index is 4.74. The summed E-state index contributed by atoms with van der Waals surface area (Å²) in [4.78, 5) is 11.8. The lowest BCUT2D eigenvalue weighted by molar-refractivity contribution is 0.242. The fraction of sp³-hybridized carbons (Fsp3) is 0.474. The van der Waals surface area contributed by atoms with Gasteiger partial charge in [0, 0.05) is 49.9 Å². The minimum Gasteiger partial charge on any atom is -0.294 e. The SMILES string of the molecule is CCCc1ncc2c(n1)CCN(Cc1ccccc1CC)C2. The summed E-state index contributed by atoms with van der Waals surface area (Å²) in [6, 6.07) is 8.78. The van der Waals surface area contributed by atoms with Crippen LogP contribution in [-0.2, 0) is 32.4 Å². The Morgan fingerprint density at radius 2 is 1.95 bits per heavy atom. The molecule has 1 aromatic heterocycles. The van der Waals surface area contributed by atoms with Crippen LogP contribution in [0.2, 0.25) is 0 Å². The third-order valence-corrected chi connectivity index (χ3v) is 4.43. The van der Waals surface area contributed by atoms with E-state index >= 15 is 0 Å². The van der Waals surface area contributed by atoms with Crippen LogP contribution in [0.15, 0.2) is 30.5 Å². The Kier molecular flexibility index (Phi) is 4.84. The van der Waals surface area contributed by atoms with Crippen LogP contribution in [0, 0.1) is 0 Å². The van der Waals surface area contributed by atoms with E-state index in [2.05, 4.69) is 48.0 Å². The highest BCUT2D eigenvalue weighted by atomic mass is 15.1. The molecule has 1 aromatic carbocycles. The lowest BCUT2D eigenvalue weighted by Crippen LogP contribution is -2.31. The van der Waals surface area contributed by atoms with Crippen molar-refractivity contribution in [3.05, 3.63) is 58.7 Å². The lowest BCUT2D eigenvalue weighted by Gasteiger charge is -2.28. The highest BCUT2D eigenvalue weighted by Gasteiger charge is 2.19. The van der Waals surface area contributed by atoms with Crippen molar-refractivity contribution < 1.29 is 0 Å². The van der Waals surface area contributed by atoms with Gasteiger partial charge in [-0.3, -0.25) is 4.90 Å². The summed E-state index contributed by atoms with van der Waals surface area (Å²) in [5, 5.41) is 0.